The van der Waals surface area contributed by atoms with E-state index >= 15 is 0 Å². The minimum absolute atomic E-state index is 0.225. The maximum absolute atomic E-state index is 12.1. The van der Waals surface area contributed by atoms with Crippen molar-refractivity contribution in [2.24, 2.45) is 0 Å². The van der Waals surface area contributed by atoms with E-state index in [0.29, 0.717) is 31.4 Å². The van der Waals surface area contributed by atoms with E-state index in [1.165, 1.54) is 16.9 Å². The molecule has 2 aliphatic rings. The monoisotopic (exact) mass is 331 g/mol. The van der Waals surface area contributed by atoms with Crippen LogP contribution in [-0.4, -0.2) is 53.0 Å². The quantitative estimate of drug-likeness (QED) is 0.914. The van der Waals surface area contributed by atoms with Crippen LogP contribution in [0.15, 0.2) is 30.3 Å². The number of anilines is 2. The molecule has 120 valence electrons. The summed E-state index contributed by atoms with van der Waals surface area (Å²) in [7, 11) is 0. The third-order valence-electron chi connectivity index (χ3n) is 4.41. The van der Waals surface area contributed by atoms with E-state index in [9.17, 15) is 4.79 Å². The Morgan fingerprint density at radius 3 is 2.83 bits per heavy atom. The first-order chi connectivity index (χ1) is 11.2. The van der Waals surface area contributed by atoms with E-state index in [1.807, 2.05) is 23.1 Å². The summed E-state index contributed by atoms with van der Waals surface area (Å²) < 4.78 is 5.37. The molecule has 0 saturated carbocycles. The second kappa shape index (κ2) is 5.38. The molecule has 2 aromatic rings. The lowest BCUT2D eigenvalue weighted by molar-refractivity contribution is 0.140. The fourth-order valence-electron chi connectivity index (χ4n) is 3.36. The lowest BCUT2D eigenvalue weighted by atomic mass is 9.88. The third-order valence-corrected chi connectivity index (χ3v) is 5.23. The Bertz CT molecular complexity index is 722. The molecule has 2 N–H and O–H groups in total. The number of nitrogen functional groups attached to an aromatic ring is 1. The number of ether oxygens (including phenoxy) is 1. The fraction of sp³-hybridized carbons (Fsp3) is 0.400. The van der Waals surface area contributed by atoms with Gasteiger partial charge >= 0.3 is 6.09 Å². The summed E-state index contributed by atoms with van der Waals surface area (Å²) in [6.45, 7) is 2.39. The van der Waals surface area contributed by atoms with Gasteiger partial charge in [-0.25, -0.2) is 4.79 Å². The average Bonchev–Trinajstić information content (AvgIpc) is 3.12. The van der Waals surface area contributed by atoms with Crippen molar-refractivity contribution in [3.05, 3.63) is 35.9 Å². The van der Waals surface area contributed by atoms with Crippen molar-refractivity contribution >= 4 is 27.7 Å². The summed E-state index contributed by atoms with van der Waals surface area (Å²) in [5.74, 6) is 0. The summed E-state index contributed by atoms with van der Waals surface area (Å²) in [6, 6.07) is 10.2. The number of aromatic nitrogens is 2. The number of carbonyl (C=O) groups excluding carboxylic acids is 1. The van der Waals surface area contributed by atoms with Gasteiger partial charge in [0.2, 0.25) is 10.3 Å². The van der Waals surface area contributed by atoms with Crippen LogP contribution in [0.25, 0.3) is 0 Å². The Kier molecular flexibility index (Phi) is 3.33. The summed E-state index contributed by atoms with van der Waals surface area (Å²) in [4.78, 5) is 16.1. The molecule has 2 saturated heterocycles. The summed E-state index contributed by atoms with van der Waals surface area (Å²) in [5, 5.41) is 9.28. The molecule has 1 atom stereocenters. The Hall–Kier alpha value is -2.35. The molecule has 1 aromatic carbocycles. The lowest BCUT2D eigenvalue weighted by Crippen LogP contribution is -2.62. The van der Waals surface area contributed by atoms with Crippen LogP contribution in [0.1, 0.15) is 5.56 Å². The highest BCUT2D eigenvalue weighted by atomic mass is 32.1. The van der Waals surface area contributed by atoms with Crippen LogP contribution >= 0.6 is 11.3 Å². The van der Waals surface area contributed by atoms with Crippen molar-refractivity contribution < 1.29 is 9.53 Å². The molecule has 4 rings (SSSR count). The standard InChI is InChI=1S/C15H17N5O2S/c16-12-17-18-13(23-12)19-6-7-20-14(21)22-10-15(20,9-19)8-11-4-2-1-3-5-11/h1-5H,6-10H2,(H2,16,17). The highest BCUT2D eigenvalue weighted by Crippen LogP contribution is 2.35. The molecule has 8 heteroatoms. The minimum Gasteiger partial charge on any atom is -0.447 e. The van der Waals surface area contributed by atoms with E-state index in [0.717, 1.165) is 11.6 Å². The average molecular weight is 331 g/mol. The number of benzene rings is 1. The first kappa shape index (κ1) is 14.3. The second-order valence-corrected chi connectivity index (χ2v) is 6.92. The Morgan fingerprint density at radius 1 is 1.26 bits per heavy atom. The molecule has 23 heavy (non-hydrogen) atoms. The summed E-state index contributed by atoms with van der Waals surface area (Å²) in [6.07, 6.45) is 0.530. The minimum atomic E-state index is -0.364. The van der Waals surface area contributed by atoms with E-state index in [2.05, 4.69) is 27.2 Å². The van der Waals surface area contributed by atoms with Gasteiger partial charge in [-0.05, 0) is 5.56 Å². The zero-order valence-electron chi connectivity index (χ0n) is 12.5. The third kappa shape index (κ3) is 2.48. The Morgan fingerprint density at radius 2 is 2.09 bits per heavy atom. The predicted molar refractivity (Wildman–Crippen MR) is 87.5 cm³/mol. The maximum atomic E-state index is 12.1. The number of nitrogens with two attached hydrogens (primary N) is 1. The van der Waals surface area contributed by atoms with Gasteiger partial charge in [0.25, 0.3) is 0 Å². The van der Waals surface area contributed by atoms with Gasteiger partial charge < -0.3 is 15.4 Å². The molecular weight excluding hydrogens is 314 g/mol. The molecule has 1 aromatic heterocycles. The number of cyclic esters (lactones) is 1. The van der Waals surface area contributed by atoms with Gasteiger partial charge in [-0.15, -0.1) is 10.2 Å². The van der Waals surface area contributed by atoms with Crippen molar-refractivity contribution in [3.8, 4) is 0 Å². The van der Waals surface area contributed by atoms with Crippen LogP contribution in [0.4, 0.5) is 15.1 Å². The molecule has 0 bridgehead atoms. The van der Waals surface area contributed by atoms with Gasteiger partial charge in [0.1, 0.15) is 12.1 Å². The van der Waals surface area contributed by atoms with E-state index in [1.54, 1.807) is 0 Å². The molecule has 7 nitrogen and oxygen atoms in total. The largest absolute Gasteiger partial charge is 0.447 e. The molecule has 1 unspecified atom stereocenters. The van der Waals surface area contributed by atoms with E-state index < -0.39 is 0 Å². The molecule has 3 heterocycles. The van der Waals surface area contributed by atoms with Gasteiger partial charge in [-0.2, -0.15) is 0 Å². The van der Waals surface area contributed by atoms with Crippen LogP contribution in [0.5, 0.6) is 0 Å². The van der Waals surface area contributed by atoms with Crippen molar-refractivity contribution in [2.45, 2.75) is 12.0 Å². The second-order valence-electron chi connectivity index (χ2n) is 5.94. The molecule has 0 radical (unpaired) electrons. The van der Waals surface area contributed by atoms with Crippen LogP contribution in [0.3, 0.4) is 0 Å². The Balaban J connectivity index is 1.63. The number of rotatable bonds is 3. The van der Waals surface area contributed by atoms with Crippen molar-refractivity contribution in [3.63, 3.8) is 0 Å². The first-order valence-corrected chi connectivity index (χ1v) is 8.30. The van der Waals surface area contributed by atoms with Gasteiger partial charge in [-0.1, -0.05) is 41.7 Å². The fourth-order valence-corrected chi connectivity index (χ4v) is 3.99. The Labute approximate surface area is 137 Å². The molecule has 2 fully saturated rings. The summed E-state index contributed by atoms with van der Waals surface area (Å²) >= 11 is 1.37. The number of hydrogen-bond acceptors (Lipinski definition) is 7. The molecule has 0 aliphatic carbocycles. The predicted octanol–water partition coefficient (Wildman–Crippen LogP) is 1.37. The van der Waals surface area contributed by atoms with Crippen molar-refractivity contribution in [1.82, 2.24) is 15.1 Å². The molecule has 2 aliphatic heterocycles. The number of nitrogens with zero attached hydrogens (tertiary/aromatic N) is 4. The number of carbonyl (C=O) groups is 1. The SMILES string of the molecule is Nc1nnc(N2CCN3C(=O)OCC3(Cc3ccccc3)C2)s1. The normalized spacial score (nSPS) is 23.7. The zero-order chi connectivity index (χ0) is 15.9. The van der Waals surface area contributed by atoms with Crippen molar-refractivity contribution in [2.75, 3.05) is 36.9 Å². The van der Waals surface area contributed by atoms with Crippen LogP contribution in [0, 0.1) is 0 Å². The van der Waals surface area contributed by atoms with Gasteiger partial charge in [0.15, 0.2) is 0 Å². The first-order valence-electron chi connectivity index (χ1n) is 7.49. The molecule has 0 spiro atoms. The lowest BCUT2D eigenvalue weighted by Gasteiger charge is -2.44. The van der Waals surface area contributed by atoms with Gasteiger partial charge in [-0.3, -0.25) is 4.90 Å². The van der Waals surface area contributed by atoms with Crippen molar-refractivity contribution in [1.29, 1.82) is 0 Å². The molecule has 1 amide bonds. The highest BCUT2D eigenvalue weighted by molar-refractivity contribution is 7.18. The topological polar surface area (TPSA) is 84.6 Å². The number of fused-ring (bicyclic) bond motifs is 1. The van der Waals surface area contributed by atoms with Gasteiger partial charge in [0.05, 0.1) is 0 Å². The smallest absolute Gasteiger partial charge is 0.410 e. The van der Waals surface area contributed by atoms with Gasteiger partial charge in [0, 0.05) is 26.1 Å². The summed E-state index contributed by atoms with van der Waals surface area (Å²) in [5.41, 5.74) is 6.52. The van der Waals surface area contributed by atoms with E-state index in [4.69, 9.17) is 10.5 Å². The van der Waals surface area contributed by atoms with E-state index in [-0.39, 0.29) is 11.6 Å². The number of amides is 1. The number of piperazine rings is 1. The zero-order valence-corrected chi connectivity index (χ0v) is 13.3. The number of hydrogen-bond donors (Lipinski definition) is 1. The van der Waals surface area contributed by atoms with Crippen LogP contribution in [-0.2, 0) is 11.2 Å². The highest BCUT2D eigenvalue weighted by Gasteiger charge is 2.51. The van der Waals surface area contributed by atoms with Crippen LogP contribution < -0.4 is 10.6 Å². The maximum Gasteiger partial charge on any atom is 0.410 e. The van der Waals surface area contributed by atoms with Crippen LogP contribution in [0.2, 0.25) is 0 Å². The molecular formula is C15H17N5O2S.